The predicted octanol–water partition coefficient (Wildman–Crippen LogP) is 3.34. The van der Waals surface area contributed by atoms with E-state index in [1.807, 2.05) is 18.2 Å². The molecule has 0 bridgehead atoms. The van der Waals surface area contributed by atoms with E-state index < -0.39 is 0 Å². The van der Waals surface area contributed by atoms with Crippen LogP contribution in [0.15, 0.2) is 55.0 Å². The molecule has 10 heteroatoms. The maximum atomic E-state index is 12.6. The number of halogens is 1. The maximum Gasteiger partial charge on any atom is 0.229 e. The molecule has 0 atom stereocenters. The van der Waals surface area contributed by atoms with Gasteiger partial charge in [0.1, 0.15) is 17.4 Å². The molecule has 1 aliphatic rings. The molecule has 5 rings (SSSR count). The zero-order valence-electron chi connectivity index (χ0n) is 19.2. The molecule has 1 aliphatic heterocycles. The SMILES string of the molecule is COc1cncc2nc(-c3ccnc(NC(=O)Cc4ccc(Cl)cc4)c3)nc(N3CCNCC3)c12. The van der Waals surface area contributed by atoms with Crippen molar-refractivity contribution in [3.8, 4) is 17.1 Å². The second-order valence-electron chi connectivity index (χ2n) is 8.12. The molecule has 0 spiro atoms. The molecule has 1 saturated heterocycles. The van der Waals surface area contributed by atoms with Crippen LogP contribution in [0.4, 0.5) is 11.6 Å². The molecular weight excluding hydrogens is 466 g/mol. The van der Waals surface area contributed by atoms with Crippen molar-refractivity contribution >= 4 is 40.0 Å². The van der Waals surface area contributed by atoms with E-state index in [4.69, 9.17) is 26.3 Å². The lowest BCUT2D eigenvalue weighted by Gasteiger charge is -2.29. The lowest BCUT2D eigenvalue weighted by atomic mass is 10.1. The summed E-state index contributed by atoms with van der Waals surface area (Å²) in [5.74, 6) is 2.21. The molecule has 3 aromatic heterocycles. The third-order valence-corrected chi connectivity index (χ3v) is 6.00. The second kappa shape index (κ2) is 10.2. The van der Waals surface area contributed by atoms with E-state index in [2.05, 4.69) is 25.5 Å². The van der Waals surface area contributed by atoms with E-state index in [0.717, 1.165) is 48.5 Å². The summed E-state index contributed by atoms with van der Waals surface area (Å²) < 4.78 is 5.57. The number of aromatic nitrogens is 4. The van der Waals surface area contributed by atoms with Crippen molar-refractivity contribution in [2.45, 2.75) is 6.42 Å². The molecule has 178 valence electrons. The van der Waals surface area contributed by atoms with Gasteiger partial charge in [0.05, 0.1) is 36.8 Å². The summed E-state index contributed by atoms with van der Waals surface area (Å²) in [7, 11) is 1.62. The predicted molar refractivity (Wildman–Crippen MR) is 136 cm³/mol. The van der Waals surface area contributed by atoms with Crippen molar-refractivity contribution in [1.82, 2.24) is 25.3 Å². The van der Waals surface area contributed by atoms with Gasteiger partial charge in [0.2, 0.25) is 5.91 Å². The van der Waals surface area contributed by atoms with E-state index in [1.165, 1.54) is 0 Å². The highest BCUT2D eigenvalue weighted by molar-refractivity contribution is 6.30. The number of piperazine rings is 1. The Kier molecular flexibility index (Phi) is 6.69. The minimum atomic E-state index is -0.174. The molecule has 0 radical (unpaired) electrons. The number of ether oxygens (including phenoxy) is 1. The van der Waals surface area contributed by atoms with Gasteiger partial charge in [0.25, 0.3) is 0 Å². The molecule has 1 aromatic carbocycles. The Morgan fingerprint density at radius 3 is 2.71 bits per heavy atom. The van der Waals surface area contributed by atoms with Gasteiger partial charge in [-0.05, 0) is 29.8 Å². The quantitative estimate of drug-likeness (QED) is 0.425. The van der Waals surface area contributed by atoms with Crippen LogP contribution in [-0.4, -0.2) is 59.1 Å². The van der Waals surface area contributed by atoms with Crippen molar-refractivity contribution < 1.29 is 9.53 Å². The van der Waals surface area contributed by atoms with Crippen LogP contribution in [0.5, 0.6) is 5.75 Å². The molecular formula is C25H24ClN7O2. The van der Waals surface area contributed by atoms with Crippen LogP contribution < -0.4 is 20.3 Å². The van der Waals surface area contributed by atoms with E-state index in [9.17, 15) is 4.79 Å². The Balaban J connectivity index is 1.46. The summed E-state index contributed by atoms with van der Waals surface area (Å²) in [6, 6.07) is 10.8. The Morgan fingerprint density at radius 1 is 1.14 bits per heavy atom. The van der Waals surface area contributed by atoms with Gasteiger partial charge >= 0.3 is 0 Å². The van der Waals surface area contributed by atoms with E-state index in [1.54, 1.807) is 43.9 Å². The number of carbonyl (C=O) groups is 1. The number of fused-ring (bicyclic) bond motifs is 1. The molecule has 4 heterocycles. The summed E-state index contributed by atoms with van der Waals surface area (Å²) in [6.45, 7) is 3.37. The highest BCUT2D eigenvalue weighted by Crippen LogP contribution is 2.34. The summed E-state index contributed by atoms with van der Waals surface area (Å²) >= 11 is 5.93. The average Bonchev–Trinajstić information content (AvgIpc) is 2.89. The van der Waals surface area contributed by atoms with Crippen LogP contribution >= 0.6 is 11.6 Å². The standard InChI is InChI=1S/C25H24ClN7O2/c1-35-20-15-28-14-19-23(20)25(33-10-8-27-9-11-33)32-24(30-19)17-6-7-29-21(13-17)31-22(34)12-16-2-4-18(26)5-3-16/h2-7,13-15,27H,8-12H2,1H3,(H,29,31,34). The van der Waals surface area contributed by atoms with Gasteiger partial charge in [0, 0.05) is 43.0 Å². The largest absolute Gasteiger partial charge is 0.494 e. The lowest BCUT2D eigenvalue weighted by molar-refractivity contribution is -0.115. The smallest absolute Gasteiger partial charge is 0.229 e. The molecule has 2 N–H and O–H groups in total. The maximum absolute atomic E-state index is 12.6. The number of pyridine rings is 2. The Bertz CT molecular complexity index is 1360. The minimum absolute atomic E-state index is 0.174. The summed E-state index contributed by atoms with van der Waals surface area (Å²) in [4.78, 5) is 33.1. The number of hydrogen-bond acceptors (Lipinski definition) is 8. The number of nitrogens with one attached hydrogen (secondary N) is 2. The van der Waals surface area contributed by atoms with Gasteiger partial charge in [-0.2, -0.15) is 0 Å². The first kappa shape index (κ1) is 22.9. The van der Waals surface area contributed by atoms with Gasteiger partial charge in [-0.1, -0.05) is 23.7 Å². The summed E-state index contributed by atoms with van der Waals surface area (Å²) in [6.07, 6.45) is 5.24. The number of amides is 1. The first-order valence-electron chi connectivity index (χ1n) is 11.3. The monoisotopic (exact) mass is 489 g/mol. The Labute approximate surface area is 207 Å². The van der Waals surface area contributed by atoms with Crippen molar-refractivity contribution in [1.29, 1.82) is 0 Å². The molecule has 0 saturated carbocycles. The first-order valence-corrected chi connectivity index (χ1v) is 11.6. The zero-order chi connectivity index (χ0) is 24.2. The highest BCUT2D eigenvalue weighted by Gasteiger charge is 2.21. The average molecular weight is 490 g/mol. The van der Waals surface area contributed by atoms with Crippen molar-refractivity contribution in [2.24, 2.45) is 0 Å². The molecule has 1 fully saturated rings. The summed E-state index contributed by atoms with van der Waals surface area (Å²) in [5.41, 5.74) is 2.29. The Hall–Kier alpha value is -3.82. The molecule has 35 heavy (non-hydrogen) atoms. The van der Waals surface area contributed by atoms with Crippen molar-refractivity contribution in [3.63, 3.8) is 0 Å². The first-order chi connectivity index (χ1) is 17.1. The van der Waals surface area contributed by atoms with Crippen molar-refractivity contribution in [2.75, 3.05) is 43.5 Å². The van der Waals surface area contributed by atoms with Gasteiger partial charge < -0.3 is 20.3 Å². The molecule has 4 aromatic rings. The number of nitrogens with zero attached hydrogens (tertiary/aromatic N) is 5. The molecule has 9 nitrogen and oxygen atoms in total. The number of methoxy groups -OCH3 is 1. The van der Waals surface area contributed by atoms with E-state index in [-0.39, 0.29) is 12.3 Å². The third-order valence-electron chi connectivity index (χ3n) is 5.75. The molecule has 0 unspecified atom stereocenters. The highest BCUT2D eigenvalue weighted by atomic mass is 35.5. The fraction of sp³-hybridized carbons (Fsp3) is 0.240. The van der Waals surface area contributed by atoms with Gasteiger partial charge in [-0.3, -0.25) is 9.78 Å². The van der Waals surface area contributed by atoms with Crippen LogP contribution in [0, 0.1) is 0 Å². The van der Waals surface area contributed by atoms with Crippen LogP contribution in [0.2, 0.25) is 5.02 Å². The van der Waals surface area contributed by atoms with Gasteiger partial charge in [-0.25, -0.2) is 15.0 Å². The molecule has 0 aliphatic carbocycles. The van der Waals surface area contributed by atoms with Crippen LogP contribution in [-0.2, 0) is 11.2 Å². The topological polar surface area (TPSA) is 105 Å². The fourth-order valence-corrected chi connectivity index (χ4v) is 4.16. The van der Waals surface area contributed by atoms with E-state index in [0.29, 0.717) is 27.9 Å². The number of benzene rings is 1. The number of hydrogen-bond donors (Lipinski definition) is 2. The van der Waals surface area contributed by atoms with Crippen LogP contribution in [0.25, 0.3) is 22.3 Å². The minimum Gasteiger partial charge on any atom is -0.494 e. The van der Waals surface area contributed by atoms with Crippen molar-refractivity contribution in [3.05, 3.63) is 65.6 Å². The van der Waals surface area contributed by atoms with Gasteiger partial charge in [0.15, 0.2) is 5.82 Å². The van der Waals surface area contributed by atoms with Gasteiger partial charge in [-0.15, -0.1) is 0 Å². The Morgan fingerprint density at radius 2 is 1.94 bits per heavy atom. The summed E-state index contributed by atoms with van der Waals surface area (Å²) in [5, 5.41) is 7.69. The normalized spacial score (nSPS) is 13.6. The van der Waals surface area contributed by atoms with E-state index >= 15 is 0 Å². The molecule has 1 amide bonds. The fourth-order valence-electron chi connectivity index (χ4n) is 4.04. The number of rotatable bonds is 6. The zero-order valence-corrected chi connectivity index (χ0v) is 19.9. The van der Waals surface area contributed by atoms with Crippen LogP contribution in [0.1, 0.15) is 5.56 Å². The lowest BCUT2D eigenvalue weighted by Crippen LogP contribution is -2.44. The number of anilines is 2. The second-order valence-corrected chi connectivity index (χ2v) is 8.56. The number of carbonyl (C=O) groups excluding carboxylic acids is 1. The van der Waals surface area contributed by atoms with Crippen LogP contribution in [0.3, 0.4) is 0 Å². The third kappa shape index (κ3) is 5.16.